The summed E-state index contributed by atoms with van der Waals surface area (Å²) in [5.74, 6) is -1.07. The van der Waals surface area contributed by atoms with Crippen molar-refractivity contribution < 1.29 is 79.2 Å². The molecule has 16 nitrogen and oxygen atoms in total. The first-order chi connectivity index (χ1) is 16.4. The first-order valence-corrected chi connectivity index (χ1v) is 10.8. The standard InChI is InChI=1S/C19H32O16/c1-4-13(33-19-11(26)8(23)9(24)15(35-19)17(29)30-2)14(12(27)16(28)31-4)34-18-10(25)7(22)6(21)5(3-20)32-18/h4-16,18-28H,3H2,1-2H3/t4-,5+,6-,7-,8-,9-,10+,11+,12+,13-,14-,15-,16?,18+,19+/m0/s1. The highest BCUT2D eigenvalue weighted by atomic mass is 16.8. The van der Waals surface area contributed by atoms with Crippen LogP contribution < -0.4 is 0 Å². The topological polar surface area (TPSA) is 255 Å². The zero-order valence-electron chi connectivity index (χ0n) is 18.8. The maximum Gasteiger partial charge on any atom is 0.337 e. The van der Waals surface area contributed by atoms with Crippen LogP contribution in [0.3, 0.4) is 0 Å². The second kappa shape index (κ2) is 11.5. The molecule has 0 aromatic carbocycles. The molecular formula is C19H32O16. The highest BCUT2D eigenvalue weighted by Crippen LogP contribution is 2.32. The van der Waals surface area contributed by atoms with Gasteiger partial charge in [-0.3, -0.25) is 0 Å². The summed E-state index contributed by atoms with van der Waals surface area (Å²) in [4.78, 5) is 11.9. The smallest absolute Gasteiger partial charge is 0.337 e. The van der Waals surface area contributed by atoms with E-state index in [1.807, 2.05) is 0 Å². The lowest BCUT2D eigenvalue weighted by Crippen LogP contribution is -2.66. The number of carbonyl (C=O) groups excluding carboxylic acids is 1. The largest absolute Gasteiger partial charge is 0.467 e. The van der Waals surface area contributed by atoms with E-state index in [0.29, 0.717) is 0 Å². The van der Waals surface area contributed by atoms with Gasteiger partial charge >= 0.3 is 5.97 Å². The molecule has 3 rings (SSSR count). The lowest BCUT2D eigenvalue weighted by atomic mass is 9.96. The van der Waals surface area contributed by atoms with E-state index < -0.39 is 105 Å². The van der Waals surface area contributed by atoms with Gasteiger partial charge in [0.25, 0.3) is 0 Å². The fourth-order valence-electron chi connectivity index (χ4n) is 4.11. The molecule has 15 atom stereocenters. The molecule has 3 saturated heterocycles. The molecule has 0 saturated carbocycles. The Bertz CT molecular complexity index is 708. The van der Waals surface area contributed by atoms with E-state index in [4.69, 9.17) is 23.7 Å². The minimum Gasteiger partial charge on any atom is -0.467 e. The van der Waals surface area contributed by atoms with Crippen molar-refractivity contribution in [3.05, 3.63) is 0 Å². The van der Waals surface area contributed by atoms with Crippen LogP contribution in [0.25, 0.3) is 0 Å². The molecule has 0 aromatic heterocycles. The van der Waals surface area contributed by atoms with Crippen LogP contribution in [0.4, 0.5) is 0 Å². The van der Waals surface area contributed by atoms with E-state index in [1.54, 1.807) is 0 Å². The molecule has 1 unspecified atom stereocenters. The quantitative estimate of drug-likeness (QED) is 0.149. The molecule has 204 valence electrons. The van der Waals surface area contributed by atoms with Crippen molar-refractivity contribution in [3.63, 3.8) is 0 Å². The lowest BCUT2D eigenvalue weighted by molar-refractivity contribution is -0.378. The zero-order valence-corrected chi connectivity index (χ0v) is 18.8. The number of rotatable bonds is 6. The van der Waals surface area contributed by atoms with Crippen molar-refractivity contribution in [2.75, 3.05) is 13.7 Å². The minimum atomic E-state index is -1.90. The number of aliphatic hydroxyl groups is 9. The van der Waals surface area contributed by atoms with Crippen LogP contribution in [0.5, 0.6) is 0 Å². The van der Waals surface area contributed by atoms with E-state index in [9.17, 15) is 50.8 Å². The maximum absolute atomic E-state index is 11.9. The van der Waals surface area contributed by atoms with Crippen LogP contribution in [0.2, 0.25) is 0 Å². The van der Waals surface area contributed by atoms with Gasteiger partial charge in [-0.1, -0.05) is 0 Å². The third-order valence-electron chi connectivity index (χ3n) is 6.20. The summed E-state index contributed by atoms with van der Waals surface area (Å²) in [5.41, 5.74) is 0. The molecule has 3 heterocycles. The van der Waals surface area contributed by atoms with Crippen molar-refractivity contribution in [2.24, 2.45) is 0 Å². The summed E-state index contributed by atoms with van der Waals surface area (Å²) in [6.45, 7) is 0.624. The van der Waals surface area contributed by atoms with Crippen molar-refractivity contribution >= 4 is 5.97 Å². The Morgan fingerprint density at radius 2 is 1.26 bits per heavy atom. The maximum atomic E-state index is 11.9. The molecule has 9 N–H and O–H groups in total. The zero-order chi connectivity index (χ0) is 26.2. The summed E-state index contributed by atoms with van der Waals surface area (Å²) in [7, 11) is 1.00. The van der Waals surface area contributed by atoms with Gasteiger partial charge in [-0.15, -0.1) is 0 Å². The van der Waals surface area contributed by atoms with Gasteiger partial charge in [0.1, 0.15) is 61.0 Å². The molecule has 3 aliphatic rings. The molecule has 0 amide bonds. The number of esters is 1. The number of aliphatic hydroxyl groups excluding tert-OH is 9. The minimum absolute atomic E-state index is 0.753. The van der Waals surface area contributed by atoms with Crippen LogP contribution in [0.15, 0.2) is 0 Å². The van der Waals surface area contributed by atoms with Gasteiger partial charge in [0.15, 0.2) is 25.0 Å². The molecule has 3 aliphatic heterocycles. The lowest BCUT2D eigenvalue weighted by Gasteiger charge is -2.47. The summed E-state index contributed by atoms with van der Waals surface area (Å²) >= 11 is 0. The molecule has 0 aromatic rings. The molecule has 0 aliphatic carbocycles. The van der Waals surface area contributed by atoms with Gasteiger partial charge in [-0.25, -0.2) is 4.79 Å². The average molecular weight is 516 g/mol. The third-order valence-corrected chi connectivity index (χ3v) is 6.20. The normalized spacial score (nSPS) is 51.1. The Balaban J connectivity index is 1.83. The van der Waals surface area contributed by atoms with Gasteiger partial charge in [-0.05, 0) is 6.92 Å². The fourth-order valence-corrected chi connectivity index (χ4v) is 4.11. The monoisotopic (exact) mass is 516 g/mol. The molecular weight excluding hydrogens is 484 g/mol. The number of hydrogen-bond donors (Lipinski definition) is 9. The van der Waals surface area contributed by atoms with Crippen molar-refractivity contribution in [1.82, 2.24) is 0 Å². The average Bonchev–Trinajstić information content (AvgIpc) is 2.83. The fraction of sp³-hybridized carbons (Fsp3) is 0.947. The predicted molar refractivity (Wildman–Crippen MR) is 105 cm³/mol. The number of methoxy groups -OCH3 is 1. The SMILES string of the molecule is COC(=O)[C@H]1O[C@@H](O[C@@H]2[C@@H](O[C@H]3O[C@H](CO)[C@H](O)[C@H](O)[C@H]3O)[C@@H](O)C(O)O[C@H]2C)[C@H](O)[C@@H](O)[C@@H]1O. The summed E-state index contributed by atoms with van der Waals surface area (Å²) in [6.07, 6.45) is -25.4. The second-order valence-corrected chi connectivity index (χ2v) is 8.54. The Morgan fingerprint density at radius 3 is 1.83 bits per heavy atom. The van der Waals surface area contributed by atoms with Gasteiger partial charge < -0.3 is 74.4 Å². The van der Waals surface area contributed by atoms with E-state index >= 15 is 0 Å². The second-order valence-electron chi connectivity index (χ2n) is 8.54. The van der Waals surface area contributed by atoms with E-state index in [1.165, 1.54) is 6.92 Å². The van der Waals surface area contributed by atoms with Crippen LogP contribution in [-0.4, -0.2) is 158 Å². The van der Waals surface area contributed by atoms with E-state index in [2.05, 4.69) is 4.74 Å². The highest BCUT2D eigenvalue weighted by Gasteiger charge is 2.54. The highest BCUT2D eigenvalue weighted by molar-refractivity contribution is 5.75. The molecule has 0 radical (unpaired) electrons. The first-order valence-electron chi connectivity index (χ1n) is 10.8. The third kappa shape index (κ3) is 5.60. The van der Waals surface area contributed by atoms with Crippen molar-refractivity contribution in [2.45, 2.75) is 99.0 Å². The summed E-state index contributed by atoms with van der Waals surface area (Å²) in [6, 6.07) is 0. The number of carbonyl (C=O) groups is 1. The molecule has 3 fully saturated rings. The van der Waals surface area contributed by atoms with E-state index in [-0.39, 0.29) is 0 Å². The number of ether oxygens (including phenoxy) is 6. The van der Waals surface area contributed by atoms with Crippen LogP contribution in [-0.2, 0) is 33.2 Å². The van der Waals surface area contributed by atoms with Gasteiger partial charge in [0.2, 0.25) is 0 Å². The van der Waals surface area contributed by atoms with Crippen molar-refractivity contribution in [3.8, 4) is 0 Å². The van der Waals surface area contributed by atoms with Crippen LogP contribution in [0.1, 0.15) is 6.92 Å². The Kier molecular flexibility index (Phi) is 9.38. The molecule has 0 spiro atoms. The Hall–Kier alpha value is -1.09. The van der Waals surface area contributed by atoms with Crippen LogP contribution >= 0.6 is 0 Å². The van der Waals surface area contributed by atoms with E-state index in [0.717, 1.165) is 7.11 Å². The Morgan fingerprint density at radius 1 is 0.714 bits per heavy atom. The summed E-state index contributed by atoms with van der Waals surface area (Å²) in [5, 5.41) is 90.6. The van der Waals surface area contributed by atoms with Gasteiger partial charge in [0, 0.05) is 0 Å². The molecule has 16 heteroatoms. The first kappa shape index (κ1) is 28.5. The van der Waals surface area contributed by atoms with Crippen molar-refractivity contribution in [1.29, 1.82) is 0 Å². The number of hydrogen-bond acceptors (Lipinski definition) is 16. The predicted octanol–water partition coefficient (Wildman–Crippen LogP) is -6.36. The van der Waals surface area contributed by atoms with Gasteiger partial charge in [0.05, 0.1) is 19.8 Å². The van der Waals surface area contributed by atoms with Gasteiger partial charge in [-0.2, -0.15) is 0 Å². The molecule has 0 bridgehead atoms. The summed E-state index contributed by atoms with van der Waals surface area (Å²) < 4.78 is 31.4. The Labute approximate surface area is 198 Å². The van der Waals surface area contributed by atoms with Crippen LogP contribution in [0, 0.1) is 0 Å². The molecule has 35 heavy (non-hydrogen) atoms.